The van der Waals surface area contributed by atoms with Crippen LogP contribution < -0.4 is 9.06 Å². The number of rotatable bonds is 4. The Morgan fingerprint density at radius 1 is 0.233 bits per heavy atom. The zero-order valence-electron chi connectivity index (χ0n) is 64.5. The fraction of sp³-hybridized carbons (Fsp3) is 0.178. The van der Waals surface area contributed by atoms with Crippen molar-refractivity contribution in [2.24, 2.45) is 21.7 Å². The highest BCUT2D eigenvalue weighted by molar-refractivity contribution is 7.08. The normalized spacial score (nSPS) is 15.0. The highest BCUT2D eigenvalue weighted by atomic mass is 32.1. The SMILES string of the molecule is CC(C)(C)C1=CC(=c2cc/c(=c3\c4nc(c(-c5c(F)c(F)c(F)c(F)c5F)c5nc(c(-c6c(F)c(F)c(F)c(F)c6F)c6ccc([nH]6)/c(=c6\ccc(=C7C=C(C(C)(C)C)C(=O)C(C(C)(C)C)=C7)s6)c6nc(c(-c7c(F)c(F)c(F)c(F)c7F)c7nc(c(-c8c(F)c(F)c(F)c(F)c8F)c8ccc3[nH]8)C=C7)C=C6)C=C5)C=C4)s2)C=C(C(C)(C)C)C1=O. The molecule has 4 aromatic carbocycles. The molecule has 8 nitrogen and oxygen atoms in total. The smallest absolute Gasteiger partial charge is 0.200 e. The topological polar surface area (TPSA) is 117 Å². The van der Waals surface area contributed by atoms with Crippen molar-refractivity contribution in [1.29, 1.82) is 0 Å². The number of ketones is 2. The van der Waals surface area contributed by atoms with Crippen LogP contribution in [0.4, 0.5) is 87.8 Å². The number of H-pyrrole nitrogens is 2. The van der Waals surface area contributed by atoms with E-state index in [1.54, 1.807) is 120 Å². The van der Waals surface area contributed by atoms with Crippen LogP contribution in [0.3, 0.4) is 0 Å². The molecule has 0 radical (unpaired) electrons. The van der Waals surface area contributed by atoms with Gasteiger partial charge in [-0.2, -0.15) is 0 Å². The highest BCUT2D eigenvalue weighted by Crippen LogP contribution is 2.47. The second-order valence-electron chi connectivity index (χ2n) is 32.6. The van der Waals surface area contributed by atoms with Gasteiger partial charge in [-0.05, 0) is 154 Å². The summed E-state index contributed by atoms with van der Waals surface area (Å²) in [6.45, 7) is 21.5. The molecule has 12 bridgehead atoms. The van der Waals surface area contributed by atoms with Crippen molar-refractivity contribution in [2.75, 3.05) is 0 Å². The molecule has 0 unspecified atom stereocenters. The summed E-state index contributed by atoms with van der Waals surface area (Å²) in [6.07, 6.45) is 13.8. The minimum atomic E-state index is -2.67. The van der Waals surface area contributed by atoms with Crippen LogP contribution in [0.5, 0.6) is 0 Å². The average molecular weight is 1700 g/mol. The zero-order chi connectivity index (χ0) is 87.0. The Morgan fingerprint density at radius 2 is 0.425 bits per heavy atom. The third-order valence-corrected chi connectivity index (χ3v) is 22.9. The summed E-state index contributed by atoms with van der Waals surface area (Å²) < 4.78 is 326. The molecular weight excluding hydrogens is 1640 g/mol. The first kappa shape index (κ1) is 82.9. The summed E-state index contributed by atoms with van der Waals surface area (Å²) in [5, 5.41) is -0.429. The minimum Gasteiger partial charge on any atom is -0.354 e. The number of Topliss-reactive ketones (excluding diaryl/α,β-unsaturated/α-hetero) is 2. The summed E-state index contributed by atoms with van der Waals surface area (Å²) in [7, 11) is 0. The van der Waals surface area contributed by atoms with Crippen molar-refractivity contribution in [2.45, 2.75) is 83.1 Å². The van der Waals surface area contributed by atoms with Gasteiger partial charge in [-0.3, -0.25) is 9.59 Å². The van der Waals surface area contributed by atoms with Crippen LogP contribution in [-0.4, -0.2) is 41.5 Å². The van der Waals surface area contributed by atoms with E-state index in [1.807, 2.05) is 0 Å². The Labute approximate surface area is 674 Å². The van der Waals surface area contributed by atoms with Crippen molar-refractivity contribution >= 4 is 116 Å². The average Bonchev–Trinajstić information content (AvgIpc) is 1.58. The molecule has 6 aliphatic rings. The van der Waals surface area contributed by atoms with Crippen LogP contribution in [0.15, 0.2) is 95.1 Å². The Kier molecular flexibility index (Phi) is 20.3. The molecule has 4 aliphatic heterocycles. The van der Waals surface area contributed by atoms with Gasteiger partial charge >= 0.3 is 0 Å². The van der Waals surface area contributed by atoms with Crippen molar-refractivity contribution in [3.8, 4) is 44.5 Å². The maximum atomic E-state index is 17.0. The first-order chi connectivity index (χ1) is 56.2. The first-order valence-electron chi connectivity index (χ1n) is 36.4. The maximum absolute atomic E-state index is 17.0. The molecule has 612 valence electrons. The van der Waals surface area contributed by atoms with Gasteiger partial charge < -0.3 is 9.97 Å². The fourth-order valence-corrected chi connectivity index (χ4v) is 16.8. The Morgan fingerprint density at radius 3 is 0.667 bits per heavy atom. The van der Waals surface area contributed by atoms with E-state index in [0.29, 0.717) is 42.5 Å². The van der Waals surface area contributed by atoms with E-state index < -0.39 is 239 Å². The minimum absolute atomic E-state index is 0.0683. The van der Waals surface area contributed by atoms with Crippen molar-refractivity contribution in [3.05, 3.63) is 286 Å². The monoisotopic (exact) mass is 1700 g/mol. The molecule has 0 saturated heterocycles. The number of halogens is 20. The third-order valence-electron chi connectivity index (χ3n) is 20.6. The van der Waals surface area contributed by atoms with Crippen molar-refractivity contribution in [1.82, 2.24) is 29.9 Å². The van der Waals surface area contributed by atoms with Crippen LogP contribution in [0.1, 0.15) is 129 Å². The number of aromatic amines is 2. The molecular formula is C90H58F20N6O2S2. The molecule has 0 saturated carbocycles. The lowest BCUT2D eigenvalue weighted by atomic mass is 9.72. The lowest BCUT2D eigenvalue weighted by Crippen LogP contribution is -2.28. The van der Waals surface area contributed by atoms with Crippen LogP contribution in [0, 0.1) is 158 Å². The molecule has 9 heterocycles. The molecule has 30 heteroatoms. The van der Waals surface area contributed by atoms with Crippen LogP contribution in [0.25, 0.3) is 126 Å². The Hall–Kier alpha value is -12.2. The number of nitrogens with zero attached hydrogens (tertiary/aromatic N) is 4. The molecule has 9 aromatic rings. The van der Waals surface area contributed by atoms with E-state index in [-0.39, 0.29) is 42.1 Å². The number of hydrogen-bond donors (Lipinski definition) is 2. The Bertz CT molecular complexity index is 6630. The highest BCUT2D eigenvalue weighted by Gasteiger charge is 2.40. The number of nitrogens with one attached hydrogen (secondary N) is 2. The molecule has 0 fully saturated rings. The van der Waals surface area contributed by atoms with E-state index in [9.17, 15) is 9.59 Å². The summed E-state index contributed by atoms with van der Waals surface area (Å²) in [4.78, 5) is 52.4. The predicted octanol–water partition coefficient (Wildman–Crippen LogP) is 24.2. The fourth-order valence-electron chi connectivity index (χ4n) is 14.6. The number of carbonyl (C=O) groups excluding carboxylic acids is 2. The van der Waals surface area contributed by atoms with Gasteiger partial charge in [-0.15, -0.1) is 22.7 Å². The second kappa shape index (κ2) is 29.4. The molecule has 2 aliphatic carbocycles. The largest absolute Gasteiger partial charge is 0.354 e. The van der Waals surface area contributed by atoms with E-state index in [4.69, 9.17) is 0 Å². The molecule has 2 N–H and O–H groups in total. The lowest BCUT2D eigenvalue weighted by molar-refractivity contribution is -0.114. The van der Waals surface area contributed by atoms with E-state index in [2.05, 4.69) is 29.9 Å². The number of allylic oxidation sites excluding steroid dienone is 8. The van der Waals surface area contributed by atoms with Crippen LogP contribution >= 0.6 is 22.7 Å². The molecule has 0 atom stereocenters. The lowest BCUT2D eigenvalue weighted by Gasteiger charge is -2.31. The number of aromatic nitrogens is 6. The second-order valence-corrected chi connectivity index (χ2v) is 34.8. The molecule has 120 heavy (non-hydrogen) atoms. The number of hydrogen-bond acceptors (Lipinski definition) is 8. The zero-order valence-corrected chi connectivity index (χ0v) is 66.2. The van der Waals surface area contributed by atoms with Gasteiger partial charge in [0.05, 0.1) is 67.8 Å². The van der Waals surface area contributed by atoms with Crippen LogP contribution in [-0.2, 0) is 9.59 Å². The standard InChI is InChI=1S/C90H58F20N6O2S2/c1-87(2,3)35-29-33(30-36(85(35)117)88(4,5)6)51-25-27-53(119-51)55-39-13-17-43(111-39)57(61-65(91)73(99)81(107)74(100)66(61)92)47-21-23-49(115-47)59(63-69(95)77(103)83(109)78(104)70(63)96)45-19-15-41(113-45)56(54-28-26-52(120-54)34-31-37(89(7,8)9)86(118)38(32-34)90(10,11)12)42-16-20-46(114-42)60(64-71(97)79(105)84(110)80(106)72(64)98)50-24-22-48(116-50)58(44-18-14-40(55)112-44)62-67(93)75(101)82(108)76(102)68(62)94/h13-32,111,114H,1-12H3/b55-53-,56-54-,57-47?,58-44?,59-45?,60-50?. The van der Waals surface area contributed by atoms with Gasteiger partial charge in [0.15, 0.2) is 105 Å². The molecule has 0 spiro atoms. The molecule has 0 amide bonds. The number of thiophene rings is 2. The third kappa shape index (κ3) is 13.7. The van der Waals surface area contributed by atoms with Gasteiger partial charge in [-0.1, -0.05) is 83.1 Å². The Balaban J connectivity index is 1.22. The van der Waals surface area contributed by atoms with Crippen LogP contribution in [0.2, 0.25) is 0 Å². The number of fused-ring (bicyclic) bond motifs is 12. The van der Waals surface area contributed by atoms with Gasteiger partial charge in [-0.25, -0.2) is 108 Å². The summed E-state index contributed by atoms with van der Waals surface area (Å²) >= 11 is 1.86. The quantitative estimate of drug-likeness (QED) is 0.103. The van der Waals surface area contributed by atoms with Gasteiger partial charge in [0.1, 0.15) is 0 Å². The molecule has 15 rings (SSSR count). The number of carbonyl (C=O) groups is 2. The summed E-state index contributed by atoms with van der Waals surface area (Å²) in [6, 6.07) is 10.3. The van der Waals surface area contributed by atoms with E-state index in [0.717, 1.165) is 95.5 Å². The maximum Gasteiger partial charge on any atom is 0.200 e. The predicted molar refractivity (Wildman–Crippen MR) is 419 cm³/mol. The summed E-state index contributed by atoms with van der Waals surface area (Å²) in [5.74, 6) is -51.8. The van der Waals surface area contributed by atoms with Crippen molar-refractivity contribution < 1.29 is 97.4 Å². The summed E-state index contributed by atoms with van der Waals surface area (Å²) in [5.41, 5.74) is -20.2. The number of benzene rings is 4. The van der Waals surface area contributed by atoms with Gasteiger partial charge in [0.2, 0.25) is 23.3 Å². The van der Waals surface area contributed by atoms with E-state index >= 15 is 87.8 Å². The molecule has 5 aromatic heterocycles. The first-order valence-corrected chi connectivity index (χ1v) is 38.0. The van der Waals surface area contributed by atoms with Crippen molar-refractivity contribution in [3.63, 3.8) is 0 Å². The van der Waals surface area contributed by atoms with Gasteiger partial charge in [0, 0.05) is 95.2 Å². The van der Waals surface area contributed by atoms with Gasteiger partial charge in [0.25, 0.3) is 0 Å². The van der Waals surface area contributed by atoms with E-state index in [1.165, 1.54) is 12.1 Å².